The highest BCUT2D eigenvalue weighted by Crippen LogP contribution is 2.50. The molecule has 0 atom stereocenters. The van der Waals surface area contributed by atoms with Gasteiger partial charge in [0.05, 0.1) is 17.9 Å². The topological polar surface area (TPSA) is 71.4 Å². The van der Waals surface area contributed by atoms with Crippen LogP contribution < -0.4 is 0 Å². The second kappa shape index (κ2) is 5.33. The zero-order valence-corrected chi connectivity index (χ0v) is 12.2. The largest absolute Gasteiger partial charge is 0.481 e. The predicted molar refractivity (Wildman–Crippen MR) is 72.8 cm³/mol. The van der Waals surface area contributed by atoms with Crippen molar-refractivity contribution in [2.45, 2.75) is 25.0 Å². The molecule has 20 heavy (non-hydrogen) atoms. The smallest absolute Gasteiger partial charge is 0.303 e. The first-order chi connectivity index (χ1) is 9.21. The molecule has 0 aliphatic heterocycles. The quantitative estimate of drug-likeness (QED) is 0.874. The van der Waals surface area contributed by atoms with Crippen LogP contribution >= 0.6 is 11.6 Å². The van der Waals surface area contributed by atoms with Gasteiger partial charge in [-0.2, -0.15) is 0 Å². The van der Waals surface area contributed by atoms with Gasteiger partial charge in [-0.3, -0.25) is 4.79 Å². The number of carbonyl (C=O) groups is 1. The molecule has 0 amide bonds. The Kier molecular flexibility index (Phi) is 4.07. The molecule has 0 unspecified atom stereocenters. The zero-order valence-electron chi connectivity index (χ0n) is 10.6. The van der Waals surface area contributed by atoms with E-state index in [-0.39, 0.29) is 22.8 Å². The van der Waals surface area contributed by atoms with Crippen LogP contribution in [0.4, 0.5) is 4.39 Å². The number of rotatable bonds is 6. The van der Waals surface area contributed by atoms with Crippen LogP contribution in [0, 0.1) is 11.2 Å². The van der Waals surface area contributed by atoms with Crippen molar-refractivity contribution in [3.05, 3.63) is 34.6 Å². The number of halogens is 2. The van der Waals surface area contributed by atoms with E-state index in [4.69, 9.17) is 16.7 Å². The van der Waals surface area contributed by atoms with Gasteiger partial charge in [-0.05, 0) is 30.4 Å². The van der Waals surface area contributed by atoms with Crippen LogP contribution in [0.15, 0.2) is 18.2 Å². The van der Waals surface area contributed by atoms with E-state index in [0.29, 0.717) is 12.8 Å². The van der Waals surface area contributed by atoms with Crippen LogP contribution in [0.2, 0.25) is 5.02 Å². The summed E-state index contributed by atoms with van der Waals surface area (Å²) >= 11 is 5.61. The van der Waals surface area contributed by atoms with Crippen LogP contribution in [-0.4, -0.2) is 25.2 Å². The minimum atomic E-state index is -3.56. The first kappa shape index (κ1) is 15.3. The van der Waals surface area contributed by atoms with E-state index in [1.54, 1.807) is 0 Å². The maximum atomic E-state index is 13.6. The Morgan fingerprint density at radius 2 is 2.05 bits per heavy atom. The monoisotopic (exact) mass is 320 g/mol. The number of hydrogen-bond donors (Lipinski definition) is 1. The Hall–Kier alpha value is -1.14. The van der Waals surface area contributed by atoms with E-state index >= 15 is 0 Å². The molecule has 1 fully saturated rings. The maximum absolute atomic E-state index is 13.6. The summed E-state index contributed by atoms with van der Waals surface area (Å²) in [5, 5.41) is 8.98. The molecule has 1 aromatic carbocycles. The fourth-order valence-corrected chi connectivity index (χ4v) is 4.56. The average molecular weight is 321 g/mol. The van der Waals surface area contributed by atoms with Crippen molar-refractivity contribution in [3.63, 3.8) is 0 Å². The van der Waals surface area contributed by atoms with Crippen molar-refractivity contribution >= 4 is 27.4 Å². The fourth-order valence-electron chi connectivity index (χ4n) is 2.26. The van der Waals surface area contributed by atoms with Crippen LogP contribution in [0.1, 0.15) is 24.8 Å². The third-order valence-corrected chi connectivity index (χ3v) is 5.44. The molecule has 110 valence electrons. The third-order valence-electron chi connectivity index (χ3n) is 3.40. The summed E-state index contributed by atoms with van der Waals surface area (Å²) < 4.78 is 37.8. The summed E-state index contributed by atoms with van der Waals surface area (Å²) in [5.74, 6) is -2.31. The molecule has 0 heterocycles. The van der Waals surface area contributed by atoms with E-state index in [0.717, 1.165) is 6.07 Å². The highest BCUT2D eigenvalue weighted by atomic mass is 35.5. The Morgan fingerprint density at radius 3 is 2.55 bits per heavy atom. The van der Waals surface area contributed by atoms with Crippen molar-refractivity contribution in [2.24, 2.45) is 5.41 Å². The molecule has 7 heteroatoms. The molecule has 4 nitrogen and oxygen atoms in total. The summed E-state index contributed by atoms with van der Waals surface area (Å²) in [5.41, 5.74) is -0.603. The van der Waals surface area contributed by atoms with E-state index in [1.807, 2.05) is 0 Å². The molecule has 1 aliphatic rings. The van der Waals surface area contributed by atoms with Crippen molar-refractivity contribution < 1.29 is 22.7 Å². The van der Waals surface area contributed by atoms with Crippen LogP contribution in [0.25, 0.3) is 0 Å². The second-order valence-electron chi connectivity index (χ2n) is 5.34. The lowest BCUT2D eigenvalue weighted by Crippen LogP contribution is -2.22. The predicted octanol–water partition coefficient (Wildman–Crippen LogP) is 2.65. The summed E-state index contributed by atoms with van der Waals surface area (Å²) in [4.78, 5) is 10.7. The molecule has 0 saturated heterocycles. The number of carboxylic acids is 1. The molecule has 2 rings (SSSR count). The van der Waals surface area contributed by atoms with Crippen molar-refractivity contribution in [2.75, 3.05) is 5.75 Å². The molecule has 1 N–H and O–H groups in total. The van der Waals surface area contributed by atoms with Crippen LogP contribution in [0.5, 0.6) is 0 Å². The molecular weight excluding hydrogens is 307 g/mol. The lowest BCUT2D eigenvalue weighted by atomic mass is 10.1. The van der Waals surface area contributed by atoms with E-state index in [2.05, 4.69) is 0 Å². The summed E-state index contributed by atoms with van der Waals surface area (Å²) in [6.45, 7) is 0. The minimum absolute atomic E-state index is 0.0560. The van der Waals surface area contributed by atoms with Crippen molar-refractivity contribution in [1.29, 1.82) is 0 Å². The molecule has 1 aromatic rings. The zero-order chi connectivity index (χ0) is 15.0. The Balaban J connectivity index is 2.10. The van der Waals surface area contributed by atoms with Gasteiger partial charge < -0.3 is 5.11 Å². The van der Waals surface area contributed by atoms with Gasteiger partial charge in [-0.1, -0.05) is 17.7 Å². The van der Waals surface area contributed by atoms with Gasteiger partial charge in [0.25, 0.3) is 0 Å². The number of carboxylic acid groups (broad SMARTS) is 1. The molecule has 0 bridgehead atoms. The lowest BCUT2D eigenvalue weighted by Gasteiger charge is -2.13. The Bertz CT molecular complexity index is 638. The minimum Gasteiger partial charge on any atom is -0.481 e. The van der Waals surface area contributed by atoms with Gasteiger partial charge in [-0.25, -0.2) is 12.8 Å². The van der Waals surface area contributed by atoms with E-state index < -0.39 is 32.8 Å². The molecule has 0 aromatic heterocycles. The van der Waals surface area contributed by atoms with Gasteiger partial charge in [0, 0.05) is 10.6 Å². The molecular formula is C13H14ClFO4S. The second-order valence-corrected chi connectivity index (χ2v) is 7.84. The Labute approximate surface area is 121 Å². The van der Waals surface area contributed by atoms with Crippen molar-refractivity contribution in [3.8, 4) is 0 Å². The highest BCUT2D eigenvalue weighted by Gasteiger charge is 2.47. The highest BCUT2D eigenvalue weighted by molar-refractivity contribution is 7.90. The van der Waals surface area contributed by atoms with Crippen LogP contribution in [0.3, 0.4) is 0 Å². The molecule has 0 radical (unpaired) electrons. The van der Waals surface area contributed by atoms with Crippen molar-refractivity contribution in [1.82, 2.24) is 0 Å². The summed E-state index contributed by atoms with van der Waals surface area (Å²) in [6.07, 6.45) is 1.01. The first-order valence-electron chi connectivity index (χ1n) is 6.08. The Morgan fingerprint density at radius 1 is 1.40 bits per heavy atom. The lowest BCUT2D eigenvalue weighted by molar-refractivity contribution is -0.138. The van der Waals surface area contributed by atoms with Crippen LogP contribution in [-0.2, 0) is 20.4 Å². The van der Waals surface area contributed by atoms with Gasteiger partial charge in [0.2, 0.25) is 0 Å². The van der Waals surface area contributed by atoms with Gasteiger partial charge >= 0.3 is 5.97 Å². The molecule has 1 saturated carbocycles. The average Bonchev–Trinajstić information content (AvgIpc) is 2.99. The number of aliphatic carboxylic acids is 1. The third kappa shape index (κ3) is 3.93. The standard InChI is InChI=1S/C13H14ClFO4S/c14-10-2-1-9(11(15)5-10)7-20(18,19)8-13(3-4-13)6-12(16)17/h1-2,5H,3-4,6-8H2,(H,16,17). The normalized spacial score (nSPS) is 16.9. The number of benzene rings is 1. The maximum Gasteiger partial charge on any atom is 0.303 e. The summed E-state index contributed by atoms with van der Waals surface area (Å²) in [6, 6.07) is 3.84. The number of hydrogen-bond acceptors (Lipinski definition) is 3. The van der Waals surface area contributed by atoms with E-state index in [9.17, 15) is 17.6 Å². The van der Waals surface area contributed by atoms with Gasteiger partial charge in [0.15, 0.2) is 9.84 Å². The molecule has 0 spiro atoms. The first-order valence-corrected chi connectivity index (χ1v) is 8.28. The SMILES string of the molecule is O=C(O)CC1(CS(=O)(=O)Cc2ccc(Cl)cc2F)CC1. The van der Waals surface area contributed by atoms with Gasteiger partial charge in [0.1, 0.15) is 5.82 Å². The van der Waals surface area contributed by atoms with Gasteiger partial charge in [-0.15, -0.1) is 0 Å². The summed E-state index contributed by atoms with van der Waals surface area (Å²) in [7, 11) is -3.56. The molecule has 1 aliphatic carbocycles. The fraction of sp³-hybridized carbons (Fsp3) is 0.462. The number of sulfone groups is 1. The van der Waals surface area contributed by atoms with E-state index in [1.165, 1.54) is 12.1 Å².